The predicted octanol–water partition coefficient (Wildman–Crippen LogP) is 1.82. The molecule has 10 N–H and O–H groups in total. The van der Waals surface area contributed by atoms with Gasteiger partial charge >= 0.3 is 5.97 Å². The van der Waals surface area contributed by atoms with Crippen LogP contribution in [0.3, 0.4) is 0 Å². The van der Waals surface area contributed by atoms with Crippen molar-refractivity contribution in [1.82, 2.24) is 52.0 Å². The molecule has 0 saturated heterocycles. The van der Waals surface area contributed by atoms with Crippen molar-refractivity contribution in [3.8, 4) is 5.75 Å². The molecule has 0 fully saturated rings. The van der Waals surface area contributed by atoms with Crippen molar-refractivity contribution >= 4 is 82.7 Å². The van der Waals surface area contributed by atoms with Gasteiger partial charge in [-0.3, -0.25) is 73.3 Å². The number of hydrogen-bond acceptors (Lipinski definition) is 17. The van der Waals surface area contributed by atoms with Gasteiger partial charge in [0.1, 0.15) is 23.9 Å². The Labute approximate surface area is 482 Å². The molecule has 1 aliphatic rings. The molecule has 0 radical (unpaired) electrons. The van der Waals surface area contributed by atoms with Crippen molar-refractivity contribution in [2.24, 2.45) is 5.92 Å². The lowest BCUT2D eigenvalue weighted by molar-refractivity contribution is -0.166. The highest BCUT2D eigenvalue weighted by Crippen LogP contribution is 2.16. The number of amides is 11. The van der Waals surface area contributed by atoms with Crippen LogP contribution in [0.15, 0.2) is 36.4 Å². The van der Waals surface area contributed by atoms with Crippen molar-refractivity contribution in [1.29, 1.82) is 0 Å². The maximum atomic E-state index is 13.6. The van der Waals surface area contributed by atoms with Gasteiger partial charge in [0.15, 0.2) is 6.61 Å². The second kappa shape index (κ2) is 40.1. The first-order valence-electron chi connectivity index (χ1n) is 27.7. The Morgan fingerprint density at radius 2 is 1.13 bits per heavy atom. The third-order valence-corrected chi connectivity index (χ3v) is 13.4. The maximum Gasteiger partial charge on any atom is 0.326 e. The number of nitrogens with one attached hydrogen (secondary N) is 6. The molecule has 0 aliphatic carbocycles. The minimum Gasteiger partial charge on any atom is -0.484 e. The summed E-state index contributed by atoms with van der Waals surface area (Å²) >= 11 is 1.43. The van der Waals surface area contributed by atoms with E-state index in [1.54, 1.807) is 13.8 Å². The summed E-state index contributed by atoms with van der Waals surface area (Å²) in [6.45, 7) is 5.52. The van der Waals surface area contributed by atoms with Crippen molar-refractivity contribution < 1.29 is 83.0 Å². The molecule has 27 nitrogen and oxygen atoms in total. The summed E-state index contributed by atoms with van der Waals surface area (Å²) in [7, 11) is 0. The number of imide groups is 1. The SMILES string of the molecule is CSCC[C@H](NC(=O)c1cccc(OCC(=O)NCCCCCN(O)C(=O)CCC(=O)NCCCCCN(O)C(=O)CCC(=O)NCCCCCN(O)C(C)=O)c1)C(=O)N[C@H](C(=O)N[C@@H](CCCCN1C(=O)C=CC1=O)C(=O)O)C(C)C. The standard InChI is InChI=1S/C54H84N10O17S/c1-37(2)50(53(75)59-42(54(76)77)19-8-15-30-61-46(69)24-25-47(61)70)60-52(74)41(26-34-82-4)58-51(73)39-17-16-18-40(35-39)81-36-45(68)57-29-11-7-14-33-64(80)49(72)23-21-44(67)56-28-10-6-13-32-63(79)48(71)22-20-43(66)55-27-9-5-12-31-62(78)38(3)65/h16-18,24-25,35,37,41-42,50,78-80H,5-15,19-23,26-34,36H2,1-4H3,(H,55,66)(H,56,67)(H,57,68)(H,58,73)(H,59,75)(H,60,74)(H,76,77)/t41-,42-,50-/m0/s1. The fourth-order valence-electron chi connectivity index (χ4n) is 7.91. The van der Waals surface area contributed by atoms with Gasteiger partial charge in [-0.15, -0.1) is 0 Å². The molecule has 0 spiro atoms. The zero-order chi connectivity index (χ0) is 61.0. The third-order valence-electron chi connectivity index (χ3n) is 12.8. The summed E-state index contributed by atoms with van der Waals surface area (Å²) in [5.74, 6) is -6.91. The Bertz CT molecular complexity index is 2310. The lowest BCUT2D eigenvalue weighted by Crippen LogP contribution is -2.57. The highest BCUT2D eigenvalue weighted by Gasteiger charge is 2.32. The van der Waals surface area contributed by atoms with Gasteiger partial charge in [0.05, 0.1) is 0 Å². The molecule has 28 heteroatoms. The molecule has 0 bridgehead atoms. The molecule has 1 heterocycles. The van der Waals surface area contributed by atoms with Gasteiger partial charge in [-0.25, -0.2) is 20.0 Å². The van der Waals surface area contributed by atoms with Gasteiger partial charge in [0.2, 0.25) is 41.4 Å². The van der Waals surface area contributed by atoms with E-state index in [4.69, 9.17) is 4.74 Å². The van der Waals surface area contributed by atoms with Crippen molar-refractivity contribution in [3.63, 3.8) is 0 Å². The number of unbranched alkanes of at least 4 members (excludes halogenated alkanes) is 7. The Morgan fingerprint density at radius 3 is 1.63 bits per heavy atom. The summed E-state index contributed by atoms with van der Waals surface area (Å²) in [5.41, 5.74) is 0.119. The average Bonchev–Trinajstić information content (AvgIpc) is 3.79. The summed E-state index contributed by atoms with van der Waals surface area (Å²) in [6.07, 6.45) is 9.22. The zero-order valence-electron chi connectivity index (χ0n) is 47.5. The molecule has 1 aromatic carbocycles. The first-order chi connectivity index (χ1) is 39.0. The van der Waals surface area contributed by atoms with Crippen molar-refractivity contribution in [2.45, 2.75) is 148 Å². The number of ether oxygens (including phenoxy) is 1. The average molecular weight is 1180 g/mol. The number of carboxylic acid groups (broad SMARTS) is 1. The van der Waals surface area contributed by atoms with Crippen LogP contribution in [0.1, 0.15) is 140 Å². The number of aliphatic carboxylic acids is 1. The van der Waals surface area contributed by atoms with Gasteiger partial charge in [-0.05, 0) is 120 Å². The Hall–Kier alpha value is -7.17. The lowest BCUT2D eigenvalue weighted by Gasteiger charge is -2.26. The first kappa shape index (κ1) is 70.9. The number of nitrogens with zero attached hydrogens (tertiary/aromatic N) is 4. The number of hydrogen-bond donors (Lipinski definition) is 10. The zero-order valence-corrected chi connectivity index (χ0v) is 48.3. The molecule has 11 amide bonds. The Kier molecular flexibility index (Phi) is 34.7. The van der Waals surface area contributed by atoms with Crippen molar-refractivity contribution in [2.75, 3.05) is 64.4 Å². The van der Waals surface area contributed by atoms with Gasteiger partial charge < -0.3 is 41.7 Å². The van der Waals surface area contributed by atoms with E-state index in [0.717, 1.165) is 17.1 Å². The Balaban J connectivity index is 1.64. The normalized spacial score (nSPS) is 12.9. The van der Waals surface area contributed by atoms with Crippen LogP contribution in [0, 0.1) is 5.92 Å². The van der Waals surface area contributed by atoms with Gasteiger partial charge in [0, 0.05) is 96.1 Å². The topological polar surface area (TPSA) is 380 Å². The smallest absolute Gasteiger partial charge is 0.326 e. The molecule has 0 unspecified atom stereocenters. The third kappa shape index (κ3) is 29.5. The molecule has 3 atom stereocenters. The minimum absolute atomic E-state index is 0.000571. The fraction of sp³-hybridized carbons (Fsp3) is 0.630. The molecule has 1 aromatic rings. The van der Waals surface area contributed by atoms with Crippen LogP contribution >= 0.6 is 11.8 Å². The van der Waals surface area contributed by atoms with Crippen LogP contribution in [0.25, 0.3) is 0 Å². The Morgan fingerprint density at radius 1 is 0.610 bits per heavy atom. The largest absolute Gasteiger partial charge is 0.484 e. The molecular weight excluding hydrogens is 1090 g/mol. The number of thioether (sulfide) groups is 1. The van der Waals surface area contributed by atoms with Crippen LogP contribution in [0.2, 0.25) is 0 Å². The number of hydroxylamine groups is 6. The number of carbonyl (C=O) groups is 12. The van der Waals surface area contributed by atoms with Crippen LogP contribution in [-0.4, -0.2) is 194 Å². The molecule has 82 heavy (non-hydrogen) atoms. The van der Waals surface area contributed by atoms with E-state index in [2.05, 4.69) is 31.9 Å². The first-order valence-corrected chi connectivity index (χ1v) is 29.1. The molecule has 1 aliphatic heterocycles. The van der Waals surface area contributed by atoms with E-state index >= 15 is 0 Å². The van der Waals surface area contributed by atoms with Gasteiger partial charge in [0.25, 0.3) is 23.6 Å². The molecule has 2 rings (SSSR count). The van der Waals surface area contributed by atoms with E-state index in [0.29, 0.717) is 98.2 Å². The molecule has 0 aromatic heterocycles. The summed E-state index contributed by atoms with van der Waals surface area (Å²) in [6, 6.07) is 2.39. The number of carbonyl (C=O) groups excluding carboxylic acids is 11. The monoisotopic (exact) mass is 1180 g/mol. The van der Waals surface area contributed by atoms with Crippen LogP contribution < -0.4 is 36.6 Å². The predicted molar refractivity (Wildman–Crippen MR) is 297 cm³/mol. The highest BCUT2D eigenvalue weighted by atomic mass is 32.2. The van der Waals surface area contributed by atoms with E-state index in [1.165, 1.54) is 43.0 Å². The van der Waals surface area contributed by atoms with Crippen molar-refractivity contribution in [3.05, 3.63) is 42.0 Å². The van der Waals surface area contributed by atoms with Crippen LogP contribution in [0.5, 0.6) is 5.75 Å². The minimum atomic E-state index is -1.31. The second-order valence-corrected chi connectivity index (χ2v) is 20.8. The number of rotatable bonds is 43. The van der Waals surface area contributed by atoms with Crippen LogP contribution in [-0.2, 0) is 52.7 Å². The lowest BCUT2D eigenvalue weighted by atomic mass is 10.0. The number of benzene rings is 1. The quantitative estimate of drug-likeness (QED) is 0.0193. The van der Waals surface area contributed by atoms with E-state index in [-0.39, 0.29) is 107 Å². The second-order valence-electron chi connectivity index (χ2n) is 19.8. The summed E-state index contributed by atoms with van der Waals surface area (Å²) in [5, 5.41) is 57.0. The molecule has 458 valence electrons. The summed E-state index contributed by atoms with van der Waals surface area (Å²) < 4.78 is 5.62. The fourth-order valence-corrected chi connectivity index (χ4v) is 8.38. The van der Waals surface area contributed by atoms with E-state index < -0.39 is 83.2 Å². The maximum absolute atomic E-state index is 13.6. The van der Waals surface area contributed by atoms with E-state index in [9.17, 15) is 78.3 Å². The van der Waals surface area contributed by atoms with Gasteiger partial charge in [-0.1, -0.05) is 19.9 Å². The van der Waals surface area contributed by atoms with Gasteiger partial charge in [-0.2, -0.15) is 11.8 Å². The number of carboxylic acids is 1. The highest BCUT2D eigenvalue weighted by molar-refractivity contribution is 7.98. The van der Waals surface area contributed by atoms with Crippen LogP contribution in [0.4, 0.5) is 0 Å². The molecular formula is C54H84N10O17S. The summed E-state index contributed by atoms with van der Waals surface area (Å²) in [4.78, 5) is 150. The van der Waals surface area contributed by atoms with E-state index in [1.807, 2.05) is 6.26 Å². The molecule has 0 saturated carbocycles.